The standard InChI is InChI=1S/C25H29ClN2O3/c1-4-31-19-10-12-28(22(14-19)17-5-7-18(8-6-17)25(26)29)15-21-20-9-11-27-24(20)16(2)13-23(21)30-3/h5-9,11,13,19,22,27H,4,10,12,14-15H2,1-3H3/t19-,22-/m0/s1. The van der Waals surface area contributed by atoms with Gasteiger partial charge in [-0.15, -0.1) is 0 Å². The average Bonchev–Trinajstić information content (AvgIpc) is 3.27. The van der Waals surface area contributed by atoms with Crippen LogP contribution in [-0.2, 0) is 11.3 Å². The van der Waals surface area contributed by atoms with E-state index in [0.29, 0.717) is 12.2 Å². The molecule has 2 atom stereocenters. The van der Waals surface area contributed by atoms with Crippen molar-refractivity contribution in [3.8, 4) is 5.75 Å². The number of carbonyl (C=O) groups excluding carboxylic acids is 1. The highest BCUT2D eigenvalue weighted by Crippen LogP contribution is 2.38. The van der Waals surface area contributed by atoms with Crippen LogP contribution in [0.15, 0.2) is 42.6 Å². The Morgan fingerprint density at radius 3 is 2.71 bits per heavy atom. The second-order valence-electron chi connectivity index (χ2n) is 8.12. The van der Waals surface area contributed by atoms with Crippen molar-refractivity contribution in [2.75, 3.05) is 20.3 Å². The highest BCUT2D eigenvalue weighted by molar-refractivity contribution is 6.67. The molecule has 0 saturated carbocycles. The number of ether oxygens (including phenoxy) is 2. The third-order valence-electron chi connectivity index (χ3n) is 6.28. The van der Waals surface area contributed by atoms with E-state index >= 15 is 0 Å². The van der Waals surface area contributed by atoms with Crippen LogP contribution in [0.5, 0.6) is 5.75 Å². The quantitative estimate of drug-likeness (QED) is 0.485. The number of piperidine rings is 1. The predicted octanol–water partition coefficient (Wildman–Crippen LogP) is 5.61. The monoisotopic (exact) mass is 440 g/mol. The number of hydrogen-bond acceptors (Lipinski definition) is 4. The lowest BCUT2D eigenvalue weighted by molar-refractivity contribution is -0.0138. The molecular weight excluding hydrogens is 412 g/mol. The van der Waals surface area contributed by atoms with E-state index < -0.39 is 5.24 Å². The summed E-state index contributed by atoms with van der Waals surface area (Å²) in [4.78, 5) is 17.3. The molecule has 0 unspecified atom stereocenters. The minimum absolute atomic E-state index is 0.185. The van der Waals surface area contributed by atoms with E-state index in [1.54, 1.807) is 7.11 Å². The summed E-state index contributed by atoms with van der Waals surface area (Å²) in [5.41, 5.74) is 5.21. The van der Waals surface area contributed by atoms with Gasteiger partial charge in [0.25, 0.3) is 5.24 Å². The molecule has 5 nitrogen and oxygen atoms in total. The zero-order valence-electron chi connectivity index (χ0n) is 18.3. The molecule has 0 amide bonds. The maximum Gasteiger partial charge on any atom is 0.252 e. The van der Waals surface area contributed by atoms with Gasteiger partial charge in [-0.05, 0) is 73.7 Å². The lowest BCUT2D eigenvalue weighted by Gasteiger charge is -2.40. The summed E-state index contributed by atoms with van der Waals surface area (Å²) < 4.78 is 11.8. The number of aromatic amines is 1. The van der Waals surface area contributed by atoms with Crippen LogP contribution in [0.25, 0.3) is 10.9 Å². The van der Waals surface area contributed by atoms with E-state index in [9.17, 15) is 4.79 Å². The second-order valence-corrected chi connectivity index (χ2v) is 8.47. The summed E-state index contributed by atoms with van der Waals surface area (Å²) in [5, 5.41) is 0.768. The number of nitrogens with one attached hydrogen (secondary N) is 1. The normalized spacial score (nSPS) is 19.6. The molecular formula is C25H29ClN2O3. The number of aromatic nitrogens is 1. The number of halogens is 1. The smallest absolute Gasteiger partial charge is 0.252 e. The first-order valence-corrected chi connectivity index (χ1v) is 11.2. The van der Waals surface area contributed by atoms with Crippen LogP contribution in [0.1, 0.15) is 52.9 Å². The van der Waals surface area contributed by atoms with E-state index in [0.717, 1.165) is 37.2 Å². The summed E-state index contributed by atoms with van der Waals surface area (Å²) in [7, 11) is 1.73. The topological polar surface area (TPSA) is 54.6 Å². The number of carbonyl (C=O) groups is 1. The zero-order valence-corrected chi connectivity index (χ0v) is 19.0. The molecule has 2 aromatic carbocycles. The lowest BCUT2D eigenvalue weighted by atomic mass is 9.91. The molecule has 6 heteroatoms. The number of fused-ring (bicyclic) bond motifs is 1. The Morgan fingerprint density at radius 1 is 1.26 bits per heavy atom. The molecule has 2 heterocycles. The van der Waals surface area contributed by atoms with Crippen molar-refractivity contribution in [1.29, 1.82) is 0 Å². The Morgan fingerprint density at radius 2 is 2.03 bits per heavy atom. The Labute approximate surface area is 188 Å². The van der Waals surface area contributed by atoms with Crippen LogP contribution >= 0.6 is 11.6 Å². The molecule has 0 bridgehead atoms. The van der Waals surface area contributed by atoms with Gasteiger partial charge >= 0.3 is 0 Å². The van der Waals surface area contributed by atoms with Gasteiger partial charge in [0.1, 0.15) is 5.75 Å². The molecule has 0 radical (unpaired) electrons. The van der Waals surface area contributed by atoms with Crippen molar-refractivity contribution in [3.63, 3.8) is 0 Å². The van der Waals surface area contributed by atoms with E-state index in [1.165, 1.54) is 22.1 Å². The maximum atomic E-state index is 11.5. The molecule has 4 rings (SSSR count). The van der Waals surface area contributed by atoms with Crippen molar-refractivity contribution < 1.29 is 14.3 Å². The molecule has 1 aliphatic heterocycles. The van der Waals surface area contributed by atoms with Crippen molar-refractivity contribution in [2.24, 2.45) is 0 Å². The van der Waals surface area contributed by atoms with Crippen LogP contribution in [0.2, 0.25) is 0 Å². The van der Waals surface area contributed by atoms with Gasteiger partial charge in [-0.2, -0.15) is 0 Å². The first-order valence-electron chi connectivity index (χ1n) is 10.8. The molecule has 1 fully saturated rings. The number of aryl methyl sites for hydroxylation is 1. The number of likely N-dealkylation sites (tertiary alicyclic amines) is 1. The first-order chi connectivity index (χ1) is 15.0. The highest BCUT2D eigenvalue weighted by Gasteiger charge is 2.31. The Bertz CT molecular complexity index is 1060. The van der Waals surface area contributed by atoms with E-state index in [4.69, 9.17) is 21.1 Å². The second kappa shape index (κ2) is 9.43. The molecule has 0 spiro atoms. The summed E-state index contributed by atoms with van der Waals surface area (Å²) in [5.74, 6) is 0.915. The number of H-pyrrole nitrogens is 1. The molecule has 3 aromatic rings. The summed E-state index contributed by atoms with van der Waals surface area (Å²) in [6.45, 7) is 6.56. The van der Waals surface area contributed by atoms with Crippen LogP contribution in [0, 0.1) is 6.92 Å². The summed E-state index contributed by atoms with van der Waals surface area (Å²) >= 11 is 5.65. The SMILES string of the molecule is CCO[C@H]1CCN(Cc2c(OC)cc(C)c3[nH]ccc23)[C@H](c2ccc(C(=O)Cl)cc2)C1. The molecule has 0 aliphatic carbocycles. The summed E-state index contributed by atoms with van der Waals surface area (Å²) in [6.07, 6.45) is 4.12. The van der Waals surface area contributed by atoms with Gasteiger partial charge in [0.05, 0.1) is 13.2 Å². The number of nitrogens with zero attached hydrogens (tertiary/aromatic N) is 1. The number of benzene rings is 2. The maximum absolute atomic E-state index is 11.5. The predicted molar refractivity (Wildman–Crippen MR) is 124 cm³/mol. The van der Waals surface area contributed by atoms with E-state index in [1.807, 2.05) is 37.4 Å². The van der Waals surface area contributed by atoms with Gasteiger partial charge in [0.15, 0.2) is 0 Å². The van der Waals surface area contributed by atoms with Crippen molar-refractivity contribution in [2.45, 2.75) is 45.4 Å². The largest absolute Gasteiger partial charge is 0.496 e. The van der Waals surface area contributed by atoms with Crippen LogP contribution in [-0.4, -0.2) is 41.5 Å². The van der Waals surface area contributed by atoms with Gasteiger partial charge in [0, 0.05) is 54.0 Å². The fourth-order valence-electron chi connectivity index (χ4n) is 4.73. The van der Waals surface area contributed by atoms with Crippen LogP contribution in [0.3, 0.4) is 0 Å². The minimum atomic E-state index is -0.432. The highest BCUT2D eigenvalue weighted by atomic mass is 35.5. The molecule has 1 saturated heterocycles. The van der Waals surface area contributed by atoms with Crippen molar-refractivity contribution in [1.82, 2.24) is 9.88 Å². The van der Waals surface area contributed by atoms with E-state index in [-0.39, 0.29) is 12.1 Å². The van der Waals surface area contributed by atoms with Crippen LogP contribution in [0.4, 0.5) is 0 Å². The zero-order chi connectivity index (χ0) is 22.0. The minimum Gasteiger partial charge on any atom is -0.496 e. The van der Waals surface area contributed by atoms with Gasteiger partial charge in [-0.25, -0.2) is 0 Å². The molecule has 1 aromatic heterocycles. The average molecular weight is 441 g/mol. The third kappa shape index (κ3) is 4.49. The van der Waals surface area contributed by atoms with Crippen molar-refractivity contribution >= 4 is 27.7 Å². The Hall–Kier alpha value is -2.34. The Balaban J connectivity index is 1.69. The van der Waals surface area contributed by atoms with Gasteiger partial charge in [-0.1, -0.05) is 12.1 Å². The number of methoxy groups -OCH3 is 1. The fourth-order valence-corrected chi connectivity index (χ4v) is 4.85. The Kier molecular flexibility index (Phi) is 6.65. The molecule has 164 valence electrons. The van der Waals surface area contributed by atoms with Crippen LogP contribution < -0.4 is 4.74 Å². The number of rotatable bonds is 7. The molecule has 31 heavy (non-hydrogen) atoms. The third-order valence-corrected chi connectivity index (χ3v) is 6.50. The van der Waals surface area contributed by atoms with E-state index in [2.05, 4.69) is 28.9 Å². The lowest BCUT2D eigenvalue weighted by Crippen LogP contribution is -2.39. The van der Waals surface area contributed by atoms with Crippen molar-refractivity contribution in [3.05, 3.63) is 64.8 Å². The first kappa shape index (κ1) is 21.9. The fraction of sp³-hybridized carbons (Fsp3) is 0.400. The molecule has 1 N–H and O–H groups in total. The van der Waals surface area contributed by atoms with Gasteiger partial charge in [0.2, 0.25) is 0 Å². The summed E-state index contributed by atoms with van der Waals surface area (Å²) in [6, 6.07) is 12.1. The molecule has 1 aliphatic rings. The van der Waals surface area contributed by atoms with Gasteiger partial charge in [-0.3, -0.25) is 9.69 Å². The van der Waals surface area contributed by atoms with Gasteiger partial charge < -0.3 is 14.5 Å². The number of hydrogen-bond donors (Lipinski definition) is 1.